The number of pyridine rings is 4. The van der Waals surface area contributed by atoms with Crippen LogP contribution in [0, 0.1) is 0 Å². The predicted octanol–water partition coefficient (Wildman–Crippen LogP) is 4.69. The van der Waals surface area contributed by atoms with Gasteiger partial charge >= 0.3 is 0 Å². The summed E-state index contributed by atoms with van der Waals surface area (Å²) in [7, 11) is 4.10. The molecule has 8 nitrogen and oxygen atoms in total. The van der Waals surface area contributed by atoms with Gasteiger partial charge in [-0.3, -0.25) is 20.1 Å². The maximum absolute atomic E-state index is 4.62. The van der Waals surface area contributed by atoms with Crippen molar-refractivity contribution in [1.82, 2.24) is 40.0 Å². The minimum absolute atomic E-state index is 0.738. The van der Waals surface area contributed by atoms with Crippen molar-refractivity contribution in [2.45, 2.75) is 6.54 Å². The molecule has 0 atom stereocenters. The Balaban J connectivity index is 1.45. The third kappa shape index (κ3) is 3.60. The first kappa shape index (κ1) is 20.2. The topological polar surface area (TPSA) is 99.3 Å². The van der Waals surface area contributed by atoms with E-state index in [1.165, 1.54) is 0 Å². The summed E-state index contributed by atoms with van der Waals surface area (Å²) in [5, 5.41) is 9.68. The highest BCUT2D eigenvalue weighted by Crippen LogP contribution is 2.34. The normalized spacial score (nSPS) is 11.6. The zero-order valence-electron chi connectivity index (χ0n) is 18.8. The van der Waals surface area contributed by atoms with Crippen molar-refractivity contribution >= 4 is 21.9 Å². The number of hydrogen-bond donors (Lipinski definition) is 2. The Morgan fingerprint density at radius 3 is 2.47 bits per heavy atom. The summed E-state index contributed by atoms with van der Waals surface area (Å²) >= 11 is 0. The predicted molar refractivity (Wildman–Crippen MR) is 133 cm³/mol. The van der Waals surface area contributed by atoms with Crippen LogP contribution in [0.5, 0.6) is 0 Å². The second kappa shape index (κ2) is 8.17. The van der Waals surface area contributed by atoms with Gasteiger partial charge in [0.2, 0.25) is 0 Å². The summed E-state index contributed by atoms with van der Waals surface area (Å²) in [5.41, 5.74) is 8.71. The van der Waals surface area contributed by atoms with E-state index < -0.39 is 0 Å². The van der Waals surface area contributed by atoms with E-state index in [9.17, 15) is 0 Å². The lowest BCUT2D eigenvalue weighted by Crippen LogP contribution is -2.10. The largest absolute Gasteiger partial charge is 0.352 e. The van der Waals surface area contributed by atoms with E-state index in [4.69, 9.17) is 0 Å². The molecule has 0 spiro atoms. The highest BCUT2D eigenvalue weighted by Gasteiger charge is 2.15. The van der Waals surface area contributed by atoms with Gasteiger partial charge in [0, 0.05) is 71.2 Å². The molecule has 34 heavy (non-hydrogen) atoms. The van der Waals surface area contributed by atoms with Crippen LogP contribution in [0.1, 0.15) is 5.56 Å². The van der Waals surface area contributed by atoms with Crippen LogP contribution >= 0.6 is 0 Å². The van der Waals surface area contributed by atoms with Gasteiger partial charge in [0.1, 0.15) is 5.69 Å². The zero-order chi connectivity index (χ0) is 23.1. The number of nitrogens with zero attached hydrogens (tertiary/aromatic N) is 6. The molecular weight excluding hydrogens is 424 g/mol. The Morgan fingerprint density at radius 1 is 0.794 bits per heavy atom. The Hall–Kier alpha value is -4.43. The molecular formula is C26H22N8. The summed E-state index contributed by atoms with van der Waals surface area (Å²) in [5.74, 6) is 0. The molecule has 0 bridgehead atoms. The lowest BCUT2D eigenvalue weighted by molar-refractivity contribution is 0.402. The molecule has 8 heteroatoms. The molecule has 0 aliphatic carbocycles. The Kier molecular flexibility index (Phi) is 4.85. The first-order chi connectivity index (χ1) is 16.7. The lowest BCUT2D eigenvalue weighted by atomic mass is 10.0. The van der Waals surface area contributed by atoms with Crippen molar-refractivity contribution in [3.8, 4) is 33.6 Å². The minimum Gasteiger partial charge on any atom is -0.352 e. The monoisotopic (exact) mass is 446 g/mol. The summed E-state index contributed by atoms with van der Waals surface area (Å²) in [4.78, 5) is 23.2. The maximum atomic E-state index is 4.62. The van der Waals surface area contributed by atoms with Crippen LogP contribution in [0.4, 0.5) is 0 Å². The Morgan fingerprint density at radius 2 is 1.62 bits per heavy atom. The van der Waals surface area contributed by atoms with E-state index in [2.05, 4.69) is 58.2 Å². The number of fused-ring (bicyclic) bond motifs is 2. The van der Waals surface area contributed by atoms with Crippen LogP contribution in [0.25, 0.3) is 55.6 Å². The average Bonchev–Trinajstić information content (AvgIpc) is 3.48. The molecule has 0 saturated heterocycles. The molecule has 6 heterocycles. The maximum Gasteiger partial charge on any atom is 0.155 e. The van der Waals surface area contributed by atoms with Crippen LogP contribution in [0.2, 0.25) is 0 Å². The van der Waals surface area contributed by atoms with Crippen molar-refractivity contribution in [2.24, 2.45) is 0 Å². The lowest BCUT2D eigenvalue weighted by Gasteiger charge is -2.10. The van der Waals surface area contributed by atoms with Gasteiger partial charge < -0.3 is 9.88 Å². The molecule has 6 aromatic heterocycles. The highest BCUT2D eigenvalue weighted by atomic mass is 15.2. The van der Waals surface area contributed by atoms with Gasteiger partial charge in [-0.1, -0.05) is 0 Å². The van der Waals surface area contributed by atoms with Gasteiger partial charge in [0.15, 0.2) is 5.65 Å². The Bertz CT molecular complexity index is 1610. The van der Waals surface area contributed by atoms with E-state index in [0.29, 0.717) is 0 Å². The molecule has 0 aromatic carbocycles. The number of hydrogen-bond acceptors (Lipinski definition) is 6. The molecule has 0 aliphatic rings. The van der Waals surface area contributed by atoms with Gasteiger partial charge in [0.05, 0.1) is 17.4 Å². The summed E-state index contributed by atoms with van der Waals surface area (Å²) in [6, 6.07) is 10.4. The molecule has 0 aliphatic heterocycles. The number of H-pyrrole nitrogens is 2. The first-order valence-electron chi connectivity index (χ1n) is 11.0. The summed E-state index contributed by atoms with van der Waals surface area (Å²) < 4.78 is 0. The van der Waals surface area contributed by atoms with E-state index in [1.54, 1.807) is 12.4 Å². The second-order valence-electron chi connectivity index (χ2n) is 8.58. The molecule has 166 valence electrons. The van der Waals surface area contributed by atoms with Gasteiger partial charge in [-0.25, -0.2) is 4.98 Å². The quantitative estimate of drug-likeness (QED) is 0.399. The highest BCUT2D eigenvalue weighted by molar-refractivity contribution is 6.00. The van der Waals surface area contributed by atoms with Crippen LogP contribution in [-0.2, 0) is 6.54 Å². The molecule has 0 saturated carbocycles. The molecule has 0 radical (unpaired) electrons. The fourth-order valence-electron chi connectivity index (χ4n) is 4.30. The Labute approximate surface area is 195 Å². The van der Waals surface area contributed by atoms with Crippen LogP contribution in [-0.4, -0.2) is 54.1 Å². The van der Waals surface area contributed by atoms with Gasteiger partial charge in [-0.15, -0.1) is 0 Å². The summed E-state index contributed by atoms with van der Waals surface area (Å²) in [6.07, 6.45) is 12.9. The van der Waals surface area contributed by atoms with E-state index in [1.807, 2.05) is 57.2 Å². The number of aromatic nitrogens is 7. The van der Waals surface area contributed by atoms with Crippen molar-refractivity contribution in [3.63, 3.8) is 0 Å². The van der Waals surface area contributed by atoms with E-state index in [-0.39, 0.29) is 0 Å². The molecule has 0 unspecified atom stereocenters. The van der Waals surface area contributed by atoms with Crippen molar-refractivity contribution in [3.05, 3.63) is 79.3 Å². The molecule has 6 aromatic rings. The van der Waals surface area contributed by atoms with Crippen molar-refractivity contribution < 1.29 is 0 Å². The fraction of sp³-hybridized carbons (Fsp3) is 0.115. The number of nitrogens with one attached hydrogen (secondary N) is 2. The third-order valence-corrected chi connectivity index (χ3v) is 5.84. The SMILES string of the molecule is CN(C)Cc1cncc(-c2cnc3[nH]nc(-c4cc5c(-c6ccncc6)cncc5[nH]4)c3c2)c1. The number of rotatable bonds is 5. The fourth-order valence-corrected chi connectivity index (χ4v) is 4.30. The smallest absolute Gasteiger partial charge is 0.155 e. The van der Waals surface area contributed by atoms with Crippen LogP contribution < -0.4 is 0 Å². The molecule has 6 rings (SSSR count). The average molecular weight is 447 g/mol. The minimum atomic E-state index is 0.738. The molecule has 2 N–H and O–H groups in total. The first-order valence-corrected chi connectivity index (χ1v) is 11.0. The summed E-state index contributed by atoms with van der Waals surface area (Å²) in [6.45, 7) is 0.830. The van der Waals surface area contributed by atoms with Crippen molar-refractivity contribution in [2.75, 3.05) is 14.1 Å². The van der Waals surface area contributed by atoms with Crippen LogP contribution in [0.15, 0.2) is 73.7 Å². The number of aromatic amines is 2. The van der Waals surface area contributed by atoms with E-state index in [0.717, 1.165) is 67.7 Å². The zero-order valence-corrected chi connectivity index (χ0v) is 18.8. The van der Waals surface area contributed by atoms with Crippen LogP contribution in [0.3, 0.4) is 0 Å². The standard InChI is InChI=1S/C26H22N8/c1-34(2)15-16-7-18(11-28-10-16)19-8-21-25(32-33-26(21)30-12-19)23-9-20-22(13-29-14-24(20)31-23)17-3-5-27-6-4-17/h3-14,31H,15H2,1-2H3,(H,30,32,33). The van der Waals surface area contributed by atoms with Gasteiger partial charge in [-0.05, 0) is 55.6 Å². The molecule has 0 fully saturated rings. The molecule has 0 amide bonds. The second-order valence-corrected chi connectivity index (χ2v) is 8.58. The van der Waals surface area contributed by atoms with Gasteiger partial charge in [0.25, 0.3) is 0 Å². The van der Waals surface area contributed by atoms with Gasteiger partial charge in [-0.2, -0.15) is 5.10 Å². The third-order valence-electron chi connectivity index (χ3n) is 5.84. The van der Waals surface area contributed by atoms with E-state index >= 15 is 0 Å². The van der Waals surface area contributed by atoms with Crippen molar-refractivity contribution in [1.29, 1.82) is 0 Å².